The molecule has 106 valence electrons. The Morgan fingerprint density at radius 1 is 1.32 bits per heavy atom. The smallest absolute Gasteiger partial charge is 0.179 e. The van der Waals surface area contributed by atoms with Crippen molar-refractivity contribution in [3.8, 4) is 0 Å². The van der Waals surface area contributed by atoms with Gasteiger partial charge < -0.3 is 0 Å². The molecular formula is C15H22BrNOS. The van der Waals surface area contributed by atoms with Gasteiger partial charge >= 0.3 is 0 Å². The first-order valence-corrected chi connectivity index (χ1v) is 8.66. The van der Waals surface area contributed by atoms with Gasteiger partial charge in [0.2, 0.25) is 0 Å². The minimum absolute atomic E-state index is 0.0852. The molecule has 0 amide bonds. The maximum Gasteiger partial charge on any atom is 0.179 e. The SMILES string of the molecule is CSCCC(C)N(C)C(C)C(=O)c1ccc(Br)cc1. The summed E-state index contributed by atoms with van der Waals surface area (Å²) in [5.74, 6) is 1.32. The fourth-order valence-electron chi connectivity index (χ4n) is 1.91. The summed E-state index contributed by atoms with van der Waals surface area (Å²) >= 11 is 5.24. The Labute approximate surface area is 129 Å². The van der Waals surface area contributed by atoms with Gasteiger partial charge in [-0.1, -0.05) is 28.1 Å². The van der Waals surface area contributed by atoms with Crippen molar-refractivity contribution < 1.29 is 4.79 Å². The van der Waals surface area contributed by atoms with Crippen LogP contribution in [0.25, 0.3) is 0 Å². The number of hydrogen-bond acceptors (Lipinski definition) is 3. The molecule has 0 spiro atoms. The lowest BCUT2D eigenvalue weighted by atomic mass is 10.0. The van der Waals surface area contributed by atoms with Crippen LogP contribution in [0.1, 0.15) is 30.6 Å². The number of ketones is 1. The lowest BCUT2D eigenvalue weighted by Gasteiger charge is -2.29. The predicted octanol–water partition coefficient (Wildman–Crippen LogP) is 4.09. The van der Waals surface area contributed by atoms with E-state index >= 15 is 0 Å². The second-order valence-corrected chi connectivity index (χ2v) is 6.74. The lowest BCUT2D eigenvalue weighted by molar-refractivity contribution is 0.0824. The summed E-state index contributed by atoms with van der Waals surface area (Å²) < 4.78 is 0.999. The van der Waals surface area contributed by atoms with Crippen LogP contribution >= 0.6 is 27.7 Å². The number of likely N-dealkylation sites (N-methyl/N-ethyl adjacent to an activating group) is 1. The van der Waals surface area contributed by atoms with Gasteiger partial charge in [0.05, 0.1) is 6.04 Å². The first kappa shape index (κ1) is 16.7. The van der Waals surface area contributed by atoms with Crippen LogP contribution in [-0.2, 0) is 0 Å². The van der Waals surface area contributed by atoms with E-state index in [-0.39, 0.29) is 11.8 Å². The highest BCUT2D eigenvalue weighted by molar-refractivity contribution is 9.10. The van der Waals surface area contributed by atoms with Gasteiger partial charge in [-0.25, -0.2) is 0 Å². The van der Waals surface area contributed by atoms with Crippen LogP contribution in [0.2, 0.25) is 0 Å². The topological polar surface area (TPSA) is 20.3 Å². The van der Waals surface area contributed by atoms with Crippen LogP contribution in [0.5, 0.6) is 0 Å². The van der Waals surface area contributed by atoms with Crippen LogP contribution < -0.4 is 0 Å². The third-order valence-corrected chi connectivity index (χ3v) is 4.73. The Morgan fingerprint density at radius 2 is 1.89 bits per heavy atom. The first-order chi connectivity index (χ1) is 8.97. The molecule has 0 fully saturated rings. The zero-order valence-electron chi connectivity index (χ0n) is 12.0. The van der Waals surface area contributed by atoms with E-state index in [4.69, 9.17) is 0 Å². The van der Waals surface area contributed by atoms with E-state index in [2.05, 4.69) is 34.0 Å². The third-order valence-electron chi connectivity index (χ3n) is 3.55. The van der Waals surface area contributed by atoms with E-state index < -0.39 is 0 Å². The molecule has 0 aliphatic rings. The molecule has 19 heavy (non-hydrogen) atoms. The molecule has 1 aromatic rings. The van der Waals surface area contributed by atoms with Crippen LogP contribution in [-0.4, -0.2) is 41.8 Å². The van der Waals surface area contributed by atoms with Crippen molar-refractivity contribution >= 4 is 33.5 Å². The number of halogens is 1. The molecule has 0 radical (unpaired) electrons. The van der Waals surface area contributed by atoms with Crippen molar-refractivity contribution in [3.63, 3.8) is 0 Å². The summed E-state index contributed by atoms with van der Waals surface area (Å²) in [6.07, 6.45) is 3.22. The van der Waals surface area contributed by atoms with Crippen LogP contribution in [0, 0.1) is 0 Å². The van der Waals surface area contributed by atoms with Gasteiger partial charge in [0, 0.05) is 16.1 Å². The van der Waals surface area contributed by atoms with Crippen molar-refractivity contribution in [2.75, 3.05) is 19.1 Å². The maximum absolute atomic E-state index is 12.4. The normalized spacial score (nSPS) is 14.4. The van der Waals surface area contributed by atoms with Crippen molar-refractivity contribution in [2.45, 2.75) is 32.4 Å². The Morgan fingerprint density at radius 3 is 2.42 bits per heavy atom. The van der Waals surface area contributed by atoms with E-state index in [1.54, 1.807) is 0 Å². The summed E-state index contributed by atoms with van der Waals surface area (Å²) in [5.41, 5.74) is 0.777. The molecule has 2 unspecified atom stereocenters. The monoisotopic (exact) mass is 343 g/mol. The molecule has 1 rings (SSSR count). The molecule has 0 bridgehead atoms. The Hall–Kier alpha value is -0.320. The highest BCUT2D eigenvalue weighted by Gasteiger charge is 2.22. The van der Waals surface area contributed by atoms with Gasteiger partial charge in [0.1, 0.15) is 0 Å². The Bertz CT molecular complexity index is 407. The Balaban J connectivity index is 2.68. The van der Waals surface area contributed by atoms with Crippen molar-refractivity contribution in [2.24, 2.45) is 0 Å². The number of nitrogens with zero attached hydrogens (tertiary/aromatic N) is 1. The predicted molar refractivity (Wildman–Crippen MR) is 88.2 cm³/mol. The zero-order chi connectivity index (χ0) is 14.4. The fourth-order valence-corrected chi connectivity index (χ4v) is 2.76. The summed E-state index contributed by atoms with van der Waals surface area (Å²) in [6.45, 7) is 4.17. The molecular weight excluding hydrogens is 322 g/mol. The Kier molecular flexibility index (Phi) is 7.11. The minimum Gasteiger partial charge on any atom is -0.294 e. The molecule has 0 aliphatic carbocycles. The molecule has 4 heteroatoms. The average Bonchev–Trinajstić information content (AvgIpc) is 2.43. The number of Topliss-reactive ketones (excluding diaryl/α,β-unsaturated/α-hetero) is 1. The number of carbonyl (C=O) groups is 1. The molecule has 0 aromatic heterocycles. The number of hydrogen-bond donors (Lipinski definition) is 0. The van der Waals surface area contributed by atoms with E-state index in [0.717, 1.165) is 22.2 Å². The number of rotatable bonds is 7. The summed E-state index contributed by atoms with van der Waals surface area (Å²) in [4.78, 5) is 14.6. The molecule has 0 aliphatic heterocycles. The molecule has 0 N–H and O–H groups in total. The molecule has 0 saturated carbocycles. The average molecular weight is 344 g/mol. The maximum atomic E-state index is 12.4. The van der Waals surface area contributed by atoms with Crippen molar-refractivity contribution in [1.29, 1.82) is 0 Å². The van der Waals surface area contributed by atoms with E-state index in [1.165, 1.54) is 0 Å². The fraction of sp³-hybridized carbons (Fsp3) is 0.533. The third kappa shape index (κ3) is 4.93. The molecule has 0 saturated heterocycles. The van der Waals surface area contributed by atoms with Gasteiger partial charge in [0.15, 0.2) is 5.78 Å². The van der Waals surface area contributed by atoms with E-state index in [1.807, 2.05) is 50.0 Å². The highest BCUT2D eigenvalue weighted by Crippen LogP contribution is 2.16. The van der Waals surface area contributed by atoms with Gasteiger partial charge in [-0.05, 0) is 51.5 Å². The van der Waals surface area contributed by atoms with Crippen LogP contribution in [0.4, 0.5) is 0 Å². The van der Waals surface area contributed by atoms with Gasteiger partial charge in [-0.15, -0.1) is 0 Å². The number of carbonyl (C=O) groups excluding carboxylic acids is 1. The summed E-state index contributed by atoms with van der Waals surface area (Å²) in [5, 5.41) is 0. The highest BCUT2D eigenvalue weighted by atomic mass is 79.9. The standard InChI is InChI=1S/C15H22BrNOS/c1-11(9-10-19-4)17(3)12(2)15(18)13-5-7-14(16)8-6-13/h5-8,11-12H,9-10H2,1-4H3. The van der Waals surface area contributed by atoms with Crippen LogP contribution in [0.3, 0.4) is 0 Å². The van der Waals surface area contributed by atoms with Gasteiger partial charge in [-0.2, -0.15) is 11.8 Å². The number of benzene rings is 1. The van der Waals surface area contributed by atoms with Gasteiger partial charge in [0.25, 0.3) is 0 Å². The quantitative estimate of drug-likeness (QED) is 0.695. The lowest BCUT2D eigenvalue weighted by Crippen LogP contribution is -2.42. The second kappa shape index (κ2) is 8.08. The van der Waals surface area contributed by atoms with E-state index in [9.17, 15) is 4.79 Å². The summed E-state index contributed by atoms with van der Waals surface area (Å²) in [6, 6.07) is 7.92. The molecule has 2 nitrogen and oxygen atoms in total. The first-order valence-electron chi connectivity index (χ1n) is 6.48. The number of thioether (sulfide) groups is 1. The molecule has 1 aromatic carbocycles. The van der Waals surface area contributed by atoms with E-state index in [0.29, 0.717) is 6.04 Å². The summed E-state index contributed by atoms with van der Waals surface area (Å²) in [7, 11) is 2.03. The molecule has 0 heterocycles. The largest absolute Gasteiger partial charge is 0.294 e. The minimum atomic E-state index is -0.0852. The van der Waals surface area contributed by atoms with Crippen LogP contribution in [0.15, 0.2) is 28.7 Å². The molecule has 2 atom stereocenters. The van der Waals surface area contributed by atoms with Crippen molar-refractivity contribution in [3.05, 3.63) is 34.3 Å². The van der Waals surface area contributed by atoms with Gasteiger partial charge in [-0.3, -0.25) is 9.69 Å². The zero-order valence-corrected chi connectivity index (χ0v) is 14.4. The van der Waals surface area contributed by atoms with Crippen molar-refractivity contribution in [1.82, 2.24) is 4.90 Å². The second-order valence-electron chi connectivity index (χ2n) is 4.84.